The molecule has 0 spiro atoms. The summed E-state index contributed by atoms with van der Waals surface area (Å²) in [6.07, 6.45) is 3.29. The van der Waals surface area contributed by atoms with E-state index in [9.17, 15) is 14.3 Å². The molecular formula is C18H15ClFN3O2. The van der Waals surface area contributed by atoms with Crippen LogP contribution in [0.25, 0.3) is 0 Å². The monoisotopic (exact) mass is 359 g/mol. The number of benzene rings is 2. The average Bonchev–Trinajstić information content (AvgIpc) is 3.01. The minimum atomic E-state index is -0.777. The second-order valence-corrected chi connectivity index (χ2v) is 5.90. The van der Waals surface area contributed by atoms with Crippen LogP contribution in [-0.4, -0.2) is 20.6 Å². The number of nitrogens with zero attached hydrogens (tertiary/aromatic N) is 2. The molecule has 0 bridgehead atoms. The van der Waals surface area contributed by atoms with Crippen molar-refractivity contribution in [3.63, 3.8) is 0 Å². The van der Waals surface area contributed by atoms with Crippen molar-refractivity contribution in [1.29, 1.82) is 0 Å². The van der Waals surface area contributed by atoms with Crippen molar-refractivity contribution < 1.29 is 14.3 Å². The van der Waals surface area contributed by atoms with Gasteiger partial charge in [0.1, 0.15) is 23.4 Å². The van der Waals surface area contributed by atoms with Crippen LogP contribution in [-0.2, 0) is 7.05 Å². The van der Waals surface area contributed by atoms with Crippen molar-refractivity contribution in [3.05, 3.63) is 82.6 Å². The van der Waals surface area contributed by atoms with Crippen LogP contribution < -0.4 is 5.32 Å². The summed E-state index contributed by atoms with van der Waals surface area (Å²) in [7, 11) is 1.76. The van der Waals surface area contributed by atoms with E-state index < -0.39 is 17.8 Å². The summed E-state index contributed by atoms with van der Waals surface area (Å²) in [5.41, 5.74) is 0.549. The number of aromatic nitrogens is 2. The number of hydrogen-bond acceptors (Lipinski definition) is 3. The summed E-state index contributed by atoms with van der Waals surface area (Å²) in [5.74, 6) is -0.533. The van der Waals surface area contributed by atoms with Crippen LogP contribution in [0.5, 0.6) is 5.75 Å². The standard InChI is InChI=1S/C18H15ClFN3O2/c1-23-9-8-21-17(23)16(12-4-2-3-5-14(12)20)22-18(25)11-6-7-15(24)13(19)10-11/h2-10,16,24H,1H3,(H,22,25)/t16-/m0/s1. The number of imidazole rings is 1. The zero-order chi connectivity index (χ0) is 18.0. The molecule has 0 aliphatic rings. The van der Waals surface area contributed by atoms with Gasteiger partial charge >= 0.3 is 0 Å². The fraction of sp³-hybridized carbons (Fsp3) is 0.111. The molecule has 5 nitrogen and oxygen atoms in total. The average molecular weight is 360 g/mol. The predicted octanol–water partition coefficient (Wildman–Crippen LogP) is 3.44. The molecule has 2 aromatic carbocycles. The molecule has 0 radical (unpaired) electrons. The number of carbonyl (C=O) groups is 1. The normalized spacial score (nSPS) is 12.0. The number of hydrogen-bond donors (Lipinski definition) is 2. The molecule has 1 heterocycles. The summed E-state index contributed by atoms with van der Waals surface area (Å²) in [4.78, 5) is 16.8. The Morgan fingerprint density at radius 1 is 1.32 bits per heavy atom. The van der Waals surface area contributed by atoms with Crippen molar-refractivity contribution >= 4 is 17.5 Å². The minimum absolute atomic E-state index is 0.0621. The van der Waals surface area contributed by atoms with Crippen molar-refractivity contribution in [2.45, 2.75) is 6.04 Å². The largest absolute Gasteiger partial charge is 0.506 e. The van der Waals surface area contributed by atoms with Gasteiger partial charge in [0.25, 0.3) is 5.91 Å². The highest BCUT2D eigenvalue weighted by molar-refractivity contribution is 6.32. The number of phenols is 1. The molecule has 128 valence electrons. The zero-order valence-corrected chi connectivity index (χ0v) is 14.0. The van der Waals surface area contributed by atoms with E-state index in [1.54, 1.807) is 42.2 Å². The molecule has 0 aliphatic heterocycles. The van der Waals surface area contributed by atoms with Gasteiger partial charge in [0.15, 0.2) is 0 Å². The van der Waals surface area contributed by atoms with Crippen molar-refractivity contribution in [1.82, 2.24) is 14.9 Å². The van der Waals surface area contributed by atoms with Gasteiger partial charge in [-0.2, -0.15) is 0 Å². The zero-order valence-electron chi connectivity index (χ0n) is 13.3. The van der Waals surface area contributed by atoms with Crippen molar-refractivity contribution in [2.24, 2.45) is 7.05 Å². The molecule has 0 saturated heterocycles. The lowest BCUT2D eigenvalue weighted by Gasteiger charge is -2.20. The predicted molar refractivity (Wildman–Crippen MR) is 92.0 cm³/mol. The first-order valence-corrected chi connectivity index (χ1v) is 7.86. The van der Waals surface area contributed by atoms with Gasteiger partial charge in [0.05, 0.1) is 5.02 Å². The highest BCUT2D eigenvalue weighted by Gasteiger charge is 2.24. The van der Waals surface area contributed by atoms with E-state index in [-0.39, 0.29) is 16.3 Å². The molecule has 1 aromatic heterocycles. The maximum atomic E-state index is 14.3. The number of amides is 1. The molecule has 1 atom stereocenters. The van der Waals surface area contributed by atoms with Gasteiger partial charge in [-0.05, 0) is 24.3 Å². The number of rotatable bonds is 4. The van der Waals surface area contributed by atoms with Crippen LogP contribution in [0.3, 0.4) is 0 Å². The summed E-state index contributed by atoms with van der Waals surface area (Å²) in [5, 5.41) is 12.3. The third-order valence-electron chi connectivity index (χ3n) is 3.82. The van der Waals surface area contributed by atoms with Crippen molar-refractivity contribution in [3.8, 4) is 5.75 Å². The third-order valence-corrected chi connectivity index (χ3v) is 4.12. The highest BCUT2D eigenvalue weighted by Crippen LogP contribution is 2.26. The first kappa shape index (κ1) is 17.0. The number of phenolic OH excluding ortho intramolecular Hbond substituents is 1. The Hall–Kier alpha value is -2.86. The summed E-state index contributed by atoms with van der Waals surface area (Å²) in [6.45, 7) is 0. The van der Waals surface area contributed by atoms with Gasteiger partial charge < -0.3 is 15.0 Å². The quantitative estimate of drug-likeness (QED) is 0.750. The second-order valence-electron chi connectivity index (χ2n) is 5.49. The van der Waals surface area contributed by atoms with Gasteiger partial charge in [-0.1, -0.05) is 29.8 Å². The molecule has 0 fully saturated rings. The Morgan fingerprint density at radius 2 is 2.08 bits per heavy atom. The minimum Gasteiger partial charge on any atom is -0.506 e. The topological polar surface area (TPSA) is 67.2 Å². The van der Waals surface area contributed by atoms with E-state index in [2.05, 4.69) is 10.3 Å². The van der Waals surface area contributed by atoms with Crippen LogP contribution in [0.2, 0.25) is 5.02 Å². The lowest BCUT2D eigenvalue weighted by molar-refractivity contribution is 0.0940. The molecule has 0 unspecified atom stereocenters. The van der Waals surface area contributed by atoms with E-state index in [0.29, 0.717) is 11.4 Å². The number of halogens is 2. The molecule has 2 N–H and O–H groups in total. The van der Waals surface area contributed by atoms with E-state index in [4.69, 9.17) is 11.6 Å². The fourth-order valence-electron chi connectivity index (χ4n) is 2.51. The second kappa shape index (κ2) is 6.94. The van der Waals surface area contributed by atoms with Crippen LogP contribution >= 0.6 is 11.6 Å². The fourth-order valence-corrected chi connectivity index (χ4v) is 2.69. The summed E-state index contributed by atoms with van der Waals surface area (Å²) >= 11 is 5.86. The molecule has 3 aromatic rings. The SMILES string of the molecule is Cn1ccnc1[C@@H](NC(=O)c1ccc(O)c(Cl)c1)c1ccccc1F. The number of aromatic hydroxyl groups is 1. The Balaban J connectivity index is 1.98. The third kappa shape index (κ3) is 3.49. The molecule has 7 heteroatoms. The lowest BCUT2D eigenvalue weighted by atomic mass is 10.0. The Kier molecular flexibility index (Phi) is 4.72. The van der Waals surface area contributed by atoms with Crippen LogP contribution in [0.15, 0.2) is 54.9 Å². The Labute approximate surface area is 148 Å². The van der Waals surface area contributed by atoms with E-state index in [0.717, 1.165) is 0 Å². The summed E-state index contributed by atoms with van der Waals surface area (Å²) in [6, 6.07) is 9.54. The maximum Gasteiger partial charge on any atom is 0.252 e. The van der Waals surface area contributed by atoms with E-state index in [1.165, 1.54) is 24.3 Å². The van der Waals surface area contributed by atoms with E-state index in [1.807, 2.05) is 0 Å². The van der Waals surface area contributed by atoms with Gasteiger partial charge in [0.2, 0.25) is 0 Å². The lowest BCUT2D eigenvalue weighted by Crippen LogP contribution is -2.31. The van der Waals surface area contributed by atoms with Crippen LogP contribution in [0.4, 0.5) is 4.39 Å². The Morgan fingerprint density at radius 3 is 2.72 bits per heavy atom. The summed E-state index contributed by atoms with van der Waals surface area (Å²) < 4.78 is 16.0. The molecule has 3 rings (SSSR count). The molecule has 1 amide bonds. The first-order chi connectivity index (χ1) is 12.0. The van der Waals surface area contributed by atoms with Crippen LogP contribution in [0, 0.1) is 5.82 Å². The smallest absolute Gasteiger partial charge is 0.252 e. The molecule has 25 heavy (non-hydrogen) atoms. The van der Waals surface area contributed by atoms with E-state index >= 15 is 0 Å². The van der Waals surface area contributed by atoms with Gasteiger partial charge in [0, 0.05) is 30.6 Å². The van der Waals surface area contributed by atoms with Gasteiger partial charge in [-0.25, -0.2) is 9.37 Å². The van der Waals surface area contributed by atoms with Gasteiger partial charge in [-0.15, -0.1) is 0 Å². The van der Waals surface area contributed by atoms with Gasteiger partial charge in [-0.3, -0.25) is 4.79 Å². The van der Waals surface area contributed by atoms with Crippen LogP contribution in [0.1, 0.15) is 27.8 Å². The van der Waals surface area contributed by atoms with Crippen molar-refractivity contribution in [2.75, 3.05) is 0 Å². The highest BCUT2D eigenvalue weighted by atomic mass is 35.5. The molecule has 0 saturated carbocycles. The first-order valence-electron chi connectivity index (χ1n) is 7.48. The number of carbonyl (C=O) groups excluding carboxylic acids is 1. The number of aryl methyl sites for hydroxylation is 1. The Bertz CT molecular complexity index is 926. The number of nitrogens with one attached hydrogen (secondary N) is 1. The molecule has 0 aliphatic carbocycles. The maximum absolute atomic E-state index is 14.3. The molecular weight excluding hydrogens is 345 g/mol.